The van der Waals surface area contributed by atoms with E-state index in [1.54, 1.807) is 7.11 Å². The maximum Gasteiger partial charge on any atom is 0.337 e. The summed E-state index contributed by atoms with van der Waals surface area (Å²) in [7, 11) is 3.05. The molecule has 0 unspecified atom stereocenters. The van der Waals surface area contributed by atoms with Gasteiger partial charge in [-0.15, -0.1) is 0 Å². The molecule has 0 N–H and O–H groups in total. The number of methoxy groups -OCH3 is 2. The predicted molar refractivity (Wildman–Crippen MR) is 63.1 cm³/mol. The van der Waals surface area contributed by atoms with Gasteiger partial charge in [-0.05, 0) is 36.1 Å². The third-order valence-corrected chi connectivity index (χ3v) is 2.63. The van der Waals surface area contributed by atoms with Crippen molar-refractivity contribution >= 4 is 5.97 Å². The summed E-state index contributed by atoms with van der Waals surface area (Å²) >= 11 is 0. The van der Waals surface area contributed by atoms with E-state index in [1.165, 1.54) is 7.11 Å². The smallest absolute Gasteiger partial charge is 0.337 e. The van der Waals surface area contributed by atoms with Gasteiger partial charge in [-0.2, -0.15) is 0 Å². The lowest BCUT2D eigenvalue weighted by atomic mass is 10.0. The van der Waals surface area contributed by atoms with Crippen molar-refractivity contribution in [2.45, 2.75) is 26.7 Å². The van der Waals surface area contributed by atoms with Crippen LogP contribution < -0.4 is 4.74 Å². The van der Waals surface area contributed by atoms with Gasteiger partial charge in [0.1, 0.15) is 5.75 Å². The maximum absolute atomic E-state index is 11.5. The van der Waals surface area contributed by atoms with E-state index in [1.807, 2.05) is 26.0 Å². The topological polar surface area (TPSA) is 35.5 Å². The lowest BCUT2D eigenvalue weighted by Crippen LogP contribution is -2.05. The number of carbonyl (C=O) groups excluding carboxylic acids is 1. The fourth-order valence-electron chi connectivity index (χ4n) is 1.78. The zero-order valence-corrected chi connectivity index (χ0v) is 10.3. The third-order valence-electron chi connectivity index (χ3n) is 2.63. The van der Waals surface area contributed by atoms with Gasteiger partial charge in [-0.3, -0.25) is 0 Å². The normalized spacial score (nSPS) is 10.0. The number of esters is 1. The van der Waals surface area contributed by atoms with Gasteiger partial charge in [0.2, 0.25) is 0 Å². The molecule has 3 heteroatoms. The molecule has 1 aromatic carbocycles. The van der Waals surface area contributed by atoms with Crippen molar-refractivity contribution in [1.82, 2.24) is 0 Å². The molecule has 0 amide bonds. The van der Waals surface area contributed by atoms with Crippen LogP contribution in [-0.2, 0) is 17.6 Å². The SMILES string of the molecule is CCc1cc(C(=O)OC)cc(CC)c1OC. The Hall–Kier alpha value is -1.51. The second-order valence-electron chi connectivity index (χ2n) is 3.53. The van der Waals surface area contributed by atoms with Crippen LogP contribution >= 0.6 is 0 Å². The fourth-order valence-corrected chi connectivity index (χ4v) is 1.78. The first-order chi connectivity index (χ1) is 7.67. The molecule has 0 fully saturated rings. The molecule has 0 saturated carbocycles. The number of ether oxygens (including phenoxy) is 2. The van der Waals surface area contributed by atoms with Crippen LogP contribution in [0.2, 0.25) is 0 Å². The highest BCUT2D eigenvalue weighted by molar-refractivity contribution is 5.90. The molecule has 0 radical (unpaired) electrons. The van der Waals surface area contributed by atoms with E-state index in [-0.39, 0.29) is 5.97 Å². The van der Waals surface area contributed by atoms with Gasteiger partial charge in [0.15, 0.2) is 0 Å². The molecule has 1 rings (SSSR count). The van der Waals surface area contributed by atoms with E-state index in [2.05, 4.69) is 0 Å². The molecule has 0 saturated heterocycles. The Morgan fingerprint density at radius 1 is 1.12 bits per heavy atom. The first kappa shape index (κ1) is 12.6. The molecule has 0 aliphatic rings. The highest BCUT2D eigenvalue weighted by Crippen LogP contribution is 2.27. The van der Waals surface area contributed by atoms with E-state index in [0.29, 0.717) is 5.56 Å². The number of hydrogen-bond donors (Lipinski definition) is 0. The van der Waals surface area contributed by atoms with E-state index < -0.39 is 0 Å². The second-order valence-corrected chi connectivity index (χ2v) is 3.53. The van der Waals surface area contributed by atoms with Crippen molar-refractivity contribution < 1.29 is 14.3 Å². The fraction of sp³-hybridized carbons (Fsp3) is 0.462. The number of benzene rings is 1. The third kappa shape index (κ3) is 2.35. The van der Waals surface area contributed by atoms with E-state index >= 15 is 0 Å². The highest BCUT2D eigenvalue weighted by atomic mass is 16.5. The number of carbonyl (C=O) groups is 1. The van der Waals surface area contributed by atoms with Crippen LogP contribution in [-0.4, -0.2) is 20.2 Å². The Morgan fingerprint density at radius 2 is 1.62 bits per heavy atom. The van der Waals surface area contributed by atoms with Crippen molar-refractivity contribution in [2.75, 3.05) is 14.2 Å². The number of hydrogen-bond acceptors (Lipinski definition) is 3. The average molecular weight is 222 g/mol. The van der Waals surface area contributed by atoms with Crippen molar-refractivity contribution in [3.05, 3.63) is 28.8 Å². The van der Waals surface area contributed by atoms with Crippen LogP contribution in [0.4, 0.5) is 0 Å². The van der Waals surface area contributed by atoms with Crippen molar-refractivity contribution in [3.63, 3.8) is 0 Å². The summed E-state index contributed by atoms with van der Waals surface area (Å²) in [6.07, 6.45) is 1.67. The Bertz CT molecular complexity index is 358. The van der Waals surface area contributed by atoms with Gasteiger partial charge < -0.3 is 9.47 Å². The van der Waals surface area contributed by atoms with E-state index in [9.17, 15) is 4.79 Å². The molecule has 1 aromatic rings. The molecule has 0 heterocycles. The lowest BCUT2D eigenvalue weighted by molar-refractivity contribution is 0.0600. The molecular formula is C13H18O3. The molecular weight excluding hydrogens is 204 g/mol. The Balaban J connectivity index is 3.31. The Kier molecular flexibility index (Phi) is 4.35. The van der Waals surface area contributed by atoms with Crippen LogP contribution in [0.1, 0.15) is 35.3 Å². The average Bonchev–Trinajstić information content (AvgIpc) is 2.35. The minimum atomic E-state index is -0.299. The van der Waals surface area contributed by atoms with Crippen LogP contribution in [0.5, 0.6) is 5.75 Å². The molecule has 0 aliphatic carbocycles. The van der Waals surface area contributed by atoms with Gasteiger partial charge in [-0.25, -0.2) is 4.79 Å². The van der Waals surface area contributed by atoms with Gasteiger partial charge in [-0.1, -0.05) is 13.8 Å². The molecule has 0 aliphatic heterocycles. The minimum absolute atomic E-state index is 0.299. The predicted octanol–water partition coefficient (Wildman–Crippen LogP) is 2.61. The number of aryl methyl sites for hydroxylation is 2. The van der Waals surface area contributed by atoms with Gasteiger partial charge >= 0.3 is 5.97 Å². The summed E-state index contributed by atoms with van der Waals surface area (Å²) in [4.78, 5) is 11.5. The van der Waals surface area contributed by atoms with Crippen molar-refractivity contribution in [3.8, 4) is 5.75 Å². The molecule has 0 aromatic heterocycles. The monoisotopic (exact) mass is 222 g/mol. The van der Waals surface area contributed by atoms with Gasteiger partial charge in [0.05, 0.1) is 19.8 Å². The van der Waals surface area contributed by atoms with Crippen molar-refractivity contribution in [2.24, 2.45) is 0 Å². The van der Waals surface area contributed by atoms with Gasteiger partial charge in [0, 0.05) is 0 Å². The first-order valence-electron chi connectivity index (χ1n) is 5.45. The summed E-state index contributed by atoms with van der Waals surface area (Å²) in [5, 5.41) is 0. The molecule has 0 atom stereocenters. The number of rotatable bonds is 4. The molecule has 3 nitrogen and oxygen atoms in total. The van der Waals surface area contributed by atoms with Crippen LogP contribution in [0.3, 0.4) is 0 Å². The summed E-state index contributed by atoms with van der Waals surface area (Å²) < 4.78 is 10.1. The van der Waals surface area contributed by atoms with Crippen LogP contribution in [0.15, 0.2) is 12.1 Å². The van der Waals surface area contributed by atoms with E-state index in [0.717, 1.165) is 29.7 Å². The summed E-state index contributed by atoms with van der Waals surface area (Å²) in [6, 6.07) is 3.67. The first-order valence-corrected chi connectivity index (χ1v) is 5.45. The molecule has 0 spiro atoms. The van der Waals surface area contributed by atoms with Crippen LogP contribution in [0, 0.1) is 0 Å². The largest absolute Gasteiger partial charge is 0.496 e. The van der Waals surface area contributed by atoms with Crippen molar-refractivity contribution in [1.29, 1.82) is 0 Å². The zero-order valence-electron chi connectivity index (χ0n) is 10.3. The maximum atomic E-state index is 11.5. The highest BCUT2D eigenvalue weighted by Gasteiger charge is 2.13. The van der Waals surface area contributed by atoms with Gasteiger partial charge in [0.25, 0.3) is 0 Å². The van der Waals surface area contributed by atoms with E-state index in [4.69, 9.17) is 9.47 Å². The summed E-state index contributed by atoms with van der Waals surface area (Å²) in [6.45, 7) is 4.08. The summed E-state index contributed by atoms with van der Waals surface area (Å²) in [5.41, 5.74) is 2.68. The zero-order chi connectivity index (χ0) is 12.1. The van der Waals surface area contributed by atoms with Crippen LogP contribution in [0.25, 0.3) is 0 Å². The molecule has 0 bridgehead atoms. The Labute approximate surface area is 96.4 Å². The Morgan fingerprint density at radius 3 is 1.94 bits per heavy atom. The minimum Gasteiger partial charge on any atom is -0.496 e. The standard InChI is InChI=1S/C13H18O3/c1-5-9-7-11(13(14)16-4)8-10(6-2)12(9)15-3/h7-8H,5-6H2,1-4H3. The lowest BCUT2D eigenvalue weighted by Gasteiger charge is -2.13. The molecule has 16 heavy (non-hydrogen) atoms. The quantitative estimate of drug-likeness (QED) is 0.734. The second kappa shape index (κ2) is 5.54. The summed E-state index contributed by atoms with van der Waals surface area (Å²) in [5.74, 6) is 0.588. The molecule has 88 valence electrons.